The summed E-state index contributed by atoms with van der Waals surface area (Å²) < 4.78 is 24.8. The van der Waals surface area contributed by atoms with E-state index < -0.39 is 37.7 Å². The van der Waals surface area contributed by atoms with Gasteiger partial charge >= 0.3 is 0 Å². The van der Waals surface area contributed by atoms with Crippen LogP contribution in [-0.2, 0) is 23.7 Å². The fourth-order valence-corrected chi connectivity index (χ4v) is 1.42. The zero-order valence-electron chi connectivity index (χ0n) is 8.55. The summed E-state index contributed by atoms with van der Waals surface area (Å²) in [6.45, 7) is 2.04. The Morgan fingerprint density at radius 1 is 0.875 bits per heavy atom. The molecule has 2 aliphatic rings. The van der Waals surface area contributed by atoms with E-state index in [4.69, 9.17) is 33.9 Å². The Morgan fingerprint density at radius 3 is 1.94 bits per heavy atom. The van der Waals surface area contributed by atoms with Gasteiger partial charge in [-0.05, 0) is 6.92 Å². The van der Waals surface area contributed by atoms with Crippen LogP contribution >= 0.6 is 0 Å². The fourth-order valence-electron chi connectivity index (χ4n) is 1.42. The highest BCUT2D eigenvalue weighted by Crippen LogP contribution is 2.27. The van der Waals surface area contributed by atoms with Crippen molar-refractivity contribution in [2.24, 2.45) is 0 Å². The molecule has 16 heavy (non-hydrogen) atoms. The minimum absolute atomic E-state index is 0.314. The fraction of sp³-hybridized carbons (Fsp3) is 1.00. The van der Waals surface area contributed by atoms with E-state index in [1.54, 1.807) is 6.92 Å². The molecule has 8 heteroatoms. The number of ether oxygens (including phenoxy) is 5. The zero-order chi connectivity index (χ0) is 11.7. The van der Waals surface area contributed by atoms with Crippen LogP contribution in [0.2, 0.25) is 0 Å². The van der Waals surface area contributed by atoms with Crippen molar-refractivity contribution >= 4 is 0 Å². The van der Waals surface area contributed by atoms with E-state index >= 15 is 0 Å². The molecule has 6 unspecified atom stereocenters. The molecule has 2 fully saturated rings. The van der Waals surface area contributed by atoms with E-state index in [1.165, 1.54) is 0 Å². The Kier molecular flexibility index (Phi) is 3.72. The van der Waals surface area contributed by atoms with Crippen molar-refractivity contribution < 1.29 is 39.0 Å². The predicted octanol–water partition coefficient (Wildman–Crippen LogP) is -1.95. The van der Waals surface area contributed by atoms with Gasteiger partial charge in [-0.3, -0.25) is 0 Å². The molecular weight excluding hydrogens is 224 g/mol. The normalized spacial score (nSPS) is 48.8. The van der Waals surface area contributed by atoms with Gasteiger partial charge in [0.1, 0.15) is 0 Å². The van der Waals surface area contributed by atoms with Crippen molar-refractivity contribution in [3.63, 3.8) is 0 Å². The first-order chi connectivity index (χ1) is 7.61. The summed E-state index contributed by atoms with van der Waals surface area (Å²) in [6, 6.07) is 0. The molecule has 0 bridgehead atoms. The highest BCUT2D eigenvalue weighted by molar-refractivity contribution is 4.69. The molecule has 0 radical (unpaired) electrons. The molecule has 2 saturated heterocycles. The van der Waals surface area contributed by atoms with Crippen LogP contribution in [0.5, 0.6) is 0 Å². The zero-order valence-corrected chi connectivity index (χ0v) is 8.55. The lowest BCUT2D eigenvalue weighted by molar-refractivity contribution is -0.496. The molecule has 0 amide bonds. The first-order valence-corrected chi connectivity index (χ1v) is 4.89. The van der Waals surface area contributed by atoms with E-state index in [-0.39, 0.29) is 0 Å². The van der Waals surface area contributed by atoms with E-state index in [0.29, 0.717) is 6.61 Å². The topological polar surface area (TPSA) is 107 Å². The quantitative estimate of drug-likeness (QED) is 0.509. The van der Waals surface area contributed by atoms with Crippen LogP contribution < -0.4 is 0 Å². The SMILES string of the molecule is CCOC1OC2OC(O)C(O)OC2OC1O. The summed E-state index contributed by atoms with van der Waals surface area (Å²) in [4.78, 5) is 0. The second-order valence-electron chi connectivity index (χ2n) is 3.28. The first-order valence-electron chi connectivity index (χ1n) is 4.89. The van der Waals surface area contributed by atoms with Gasteiger partial charge in [0.05, 0.1) is 0 Å². The first kappa shape index (κ1) is 12.1. The maximum atomic E-state index is 9.44. The highest BCUT2D eigenvalue weighted by Gasteiger charge is 2.46. The maximum absolute atomic E-state index is 9.44. The third kappa shape index (κ3) is 2.34. The molecule has 2 heterocycles. The van der Waals surface area contributed by atoms with Crippen LogP contribution in [0.4, 0.5) is 0 Å². The van der Waals surface area contributed by atoms with Crippen molar-refractivity contribution in [1.29, 1.82) is 0 Å². The third-order valence-electron chi connectivity index (χ3n) is 2.12. The Balaban J connectivity index is 1.97. The van der Waals surface area contributed by atoms with Gasteiger partial charge in [-0.25, -0.2) is 0 Å². The molecule has 3 N–H and O–H groups in total. The Labute approximate surface area is 91.2 Å². The molecule has 2 aliphatic heterocycles. The van der Waals surface area contributed by atoms with Crippen molar-refractivity contribution in [2.45, 2.75) is 44.7 Å². The molecular formula is C8H14O8. The van der Waals surface area contributed by atoms with E-state index in [2.05, 4.69) is 0 Å². The van der Waals surface area contributed by atoms with Gasteiger partial charge in [-0.2, -0.15) is 0 Å². The van der Waals surface area contributed by atoms with Crippen LogP contribution in [0.15, 0.2) is 0 Å². The van der Waals surface area contributed by atoms with Gasteiger partial charge in [0, 0.05) is 6.61 Å². The van der Waals surface area contributed by atoms with E-state index in [1.807, 2.05) is 0 Å². The highest BCUT2D eigenvalue weighted by atomic mass is 16.9. The molecule has 2 rings (SSSR count). The van der Waals surface area contributed by atoms with Gasteiger partial charge in [0.15, 0.2) is 0 Å². The largest absolute Gasteiger partial charge is 0.364 e. The summed E-state index contributed by atoms with van der Waals surface area (Å²) in [5, 5.41) is 27.7. The average molecular weight is 238 g/mol. The summed E-state index contributed by atoms with van der Waals surface area (Å²) in [6.07, 6.45) is -7.59. The number of hydrogen-bond donors (Lipinski definition) is 3. The third-order valence-corrected chi connectivity index (χ3v) is 2.12. The standard InChI is InChI=1S/C8H14O8/c1-2-12-6-5(11)15-7-8(16-6)14-4(10)3(9)13-7/h3-11H,2H2,1H3. The summed E-state index contributed by atoms with van der Waals surface area (Å²) in [7, 11) is 0. The monoisotopic (exact) mass is 238 g/mol. The van der Waals surface area contributed by atoms with Gasteiger partial charge in [-0.15, -0.1) is 0 Å². The average Bonchev–Trinajstić information content (AvgIpc) is 2.23. The van der Waals surface area contributed by atoms with Crippen LogP contribution in [0.3, 0.4) is 0 Å². The van der Waals surface area contributed by atoms with Gasteiger partial charge in [0.25, 0.3) is 0 Å². The summed E-state index contributed by atoms with van der Waals surface area (Å²) >= 11 is 0. The number of rotatable bonds is 2. The maximum Gasteiger partial charge on any atom is 0.215 e. The molecule has 8 nitrogen and oxygen atoms in total. The van der Waals surface area contributed by atoms with Crippen LogP contribution in [-0.4, -0.2) is 59.7 Å². The Morgan fingerprint density at radius 2 is 1.38 bits per heavy atom. The molecule has 0 spiro atoms. The van der Waals surface area contributed by atoms with Crippen LogP contribution in [0, 0.1) is 0 Å². The van der Waals surface area contributed by atoms with Gasteiger partial charge in [0.2, 0.25) is 37.7 Å². The predicted molar refractivity (Wildman–Crippen MR) is 45.4 cm³/mol. The molecule has 0 aromatic heterocycles. The lowest BCUT2D eigenvalue weighted by atomic mass is 10.4. The van der Waals surface area contributed by atoms with Crippen LogP contribution in [0.1, 0.15) is 6.92 Å². The second-order valence-corrected chi connectivity index (χ2v) is 3.28. The van der Waals surface area contributed by atoms with E-state index in [9.17, 15) is 5.11 Å². The molecule has 0 aromatic carbocycles. The summed E-state index contributed by atoms with van der Waals surface area (Å²) in [5.74, 6) is 0. The number of aliphatic hydroxyl groups is 3. The minimum Gasteiger partial charge on any atom is -0.364 e. The molecule has 6 atom stereocenters. The van der Waals surface area contributed by atoms with Crippen molar-refractivity contribution in [3.8, 4) is 0 Å². The number of hydrogen-bond acceptors (Lipinski definition) is 8. The lowest BCUT2D eigenvalue weighted by Crippen LogP contribution is -2.59. The minimum atomic E-state index is -1.54. The van der Waals surface area contributed by atoms with E-state index in [0.717, 1.165) is 0 Å². The smallest absolute Gasteiger partial charge is 0.215 e. The van der Waals surface area contributed by atoms with Crippen LogP contribution in [0.25, 0.3) is 0 Å². The number of aliphatic hydroxyl groups excluding tert-OH is 3. The van der Waals surface area contributed by atoms with Crippen molar-refractivity contribution in [3.05, 3.63) is 0 Å². The molecule has 94 valence electrons. The molecule has 0 aliphatic carbocycles. The van der Waals surface area contributed by atoms with Crippen molar-refractivity contribution in [1.82, 2.24) is 0 Å². The van der Waals surface area contributed by atoms with Gasteiger partial charge in [-0.1, -0.05) is 0 Å². The summed E-state index contributed by atoms with van der Waals surface area (Å²) in [5.41, 5.74) is 0. The molecule has 0 saturated carbocycles. The van der Waals surface area contributed by atoms with Gasteiger partial charge < -0.3 is 39.0 Å². The lowest BCUT2D eigenvalue weighted by Gasteiger charge is -2.43. The Bertz CT molecular complexity index is 236. The number of fused-ring (bicyclic) bond motifs is 1. The molecule has 0 aromatic rings. The second kappa shape index (κ2) is 4.90. The van der Waals surface area contributed by atoms with Crippen molar-refractivity contribution in [2.75, 3.05) is 6.61 Å². The Hall–Kier alpha value is -0.320.